The first-order chi connectivity index (χ1) is 5.33. The molecule has 11 heavy (non-hydrogen) atoms. The minimum atomic E-state index is 0.762. The Morgan fingerprint density at radius 3 is 1.91 bits per heavy atom. The van der Waals surface area contributed by atoms with Crippen LogP contribution in [0.3, 0.4) is 0 Å². The first-order valence-corrected chi connectivity index (χ1v) is 4.91. The molecule has 1 spiro atoms. The van der Waals surface area contributed by atoms with E-state index in [0.29, 0.717) is 0 Å². The second-order valence-electron chi connectivity index (χ2n) is 3.58. The quantitative estimate of drug-likeness (QED) is 0.524. The van der Waals surface area contributed by atoms with Crippen LogP contribution in [-0.4, -0.2) is 13.2 Å². The Balaban J connectivity index is 0.000000281. The molecule has 1 atom stereocenters. The summed E-state index contributed by atoms with van der Waals surface area (Å²) in [6.07, 6.45) is 4.12. The van der Waals surface area contributed by atoms with Crippen LogP contribution in [0.2, 0.25) is 0 Å². The molecule has 1 saturated heterocycles. The predicted molar refractivity (Wildman–Crippen MR) is 47.6 cm³/mol. The van der Waals surface area contributed by atoms with Crippen molar-refractivity contribution >= 4 is 0 Å². The van der Waals surface area contributed by atoms with Crippen molar-refractivity contribution < 1.29 is 4.74 Å². The molecular weight excluding hydrogens is 136 g/mol. The predicted octanol–water partition coefficient (Wildman–Crippen LogP) is 2.85. The smallest absolute Gasteiger partial charge is 0.0471 e. The Hall–Kier alpha value is -0.0400. The van der Waals surface area contributed by atoms with Gasteiger partial charge in [-0.2, -0.15) is 0 Å². The summed E-state index contributed by atoms with van der Waals surface area (Å²) >= 11 is 0. The molecule has 1 heterocycles. The maximum absolute atomic E-state index is 5.29. The van der Waals surface area contributed by atoms with Gasteiger partial charge < -0.3 is 4.74 Å². The molecule has 0 N–H and O–H groups in total. The third-order valence-electron chi connectivity index (χ3n) is 3.09. The molecule has 0 amide bonds. The average Bonchev–Trinajstić information content (AvgIpc) is 2.67. The van der Waals surface area contributed by atoms with Gasteiger partial charge in [0.15, 0.2) is 0 Å². The second-order valence-corrected chi connectivity index (χ2v) is 3.58. The molecule has 66 valence electrons. The van der Waals surface area contributed by atoms with E-state index in [1.54, 1.807) is 0 Å². The summed E-state index contributed by atoms with van der Waals surface area (Å²) in [5, 5.41) is 0. The van der Waals surface area contributed by atoms with Gasteiger partial charge in [0, 0.05) is 13.2 Å². The molecule has 1 aliphatic carbocycles. The zero-order chi connectivity index (χ0) is 8.32. The van der Waals surface area contributed by atoms with Gasteiger partial charge in [0.2, 0.25) is 0 Å². The molecule has 0 radical (unpaired) electrons. The van der Waals surface area contributed by atoms with E-state index < -0.39 is 0 Å². The van der Waals surface area contributed by atoms with Crippen molar-refractivity contribution in [2.45, 2.75) is 40.0 Å². The van der Waals surface area contributed by atoms with E-state index in [0.717, 1.165) is 24.5 Å². The van der Waals surface area contributed by atoms with Crippen LogP contribution >= 0.6 is 0 Å². The van der Waals surface area contributed by atoms with Crippen LogP contribution in [0.1, 0.15) is 40.0 Å². The topological polar surface area (TPSA) is 9.23 Å². The van der Waals surface area contributed by atoms with Crippen LogP contribution in [0.15, 0.2) is 0 Å². The molecule has 1 unspecified atom stereocenters. The maximum Gasteiger partial charge on any atom is 0.0471 e. The fraction of sp³-hybridized carbons (Fsp3) is 1.00. The van der Waals surface area contributed by atoms with Crippen LogP contribution in [-0.2, 0) is 4.74 Å². The number of hydrogen-bond acceptors (Lipinski definition) is 1. The molecule has 0 bridgehead atoms. The van der Waals surface area contributed by atoms with Crippen molar-refractivity contribution in [3.8, 4) is 0 Å². The first-order valence-electron chi connectivity index (χ1n) is 4.91. The van der Waals surface area contributed by atoms with E-state index >= 15 is 0 Å². The Kier molecular flexibility index (Phi) is 2.94. The largest absolute Gasteiger partial charge is 0.381 e. The second kappa shape index (κ2) is 3.57. The number of rotatable bonds is 0. The SMILES string of the molecule is CC.CC1CC12CCOCC2. The maximum atomic E-state index is 5.29. The van der Waals surface area contributed by atoms with Gasteiger partial charge in [-0.1, -0.05) is 20.8 Å². The van der Waals surface area contributed by atoms with Crippen molar-refractivity contribution in [1.82, 2.24) is 0 Å². The van der Waals surface area contributed by atoms with Gasteiger partial charge in [-0.25, -0.2) is 0 Å². The summed E-state index contributed by atoms with van der Waals surface area (Å²) in [7, 11) is 0. The van der Waals surface area contributed by atoms with Crippen LogP contribution < -0.4 is 0 Å². The Bertz CT molecular complexity index is 114. The van der Waals surface area contributed by atoms with E-state index in [4.69, 9.17) is 4.74 Å². The van der Waals surface area contributed by atoms with E-state index in [1.807, 2.05) is 13.8 Å². The van der Waals surface area contributed by atoms with Gasteiger partial charge in [-0.15, -0.1) is 0 Å². The fourth-order valence-electron chi connectivity index (χ4n) is 2.03. The summed E-state index contributed by atoms with van der Waals surface area (Å²) in [6.45, 7) is 8.40. The zero-order valence-electron chi connectivity index (χ0n) is 8.02. The number of hydrogen-bond donors (Lipinski definition) is 0. The number of ether oxygens (including phenoxy) is 1. The van der Waals surface area contributed by atoms with Crippen molar-refractivity contribution in [1.29, 1.82) is 0 Å². The molecule has 0 aromatic rings. The van der Waals surface area contributed by atoms with Gasteiger partial charge in [0.25, 0.3) is 0 Å². The minimum absolute atomic E-state index is 0.762. The molecule has 0 aromatic heterocycles. The lowest BCUT2D eigenvalue weighted by atomic mass is 9.94. The highest BCUT2D eigenvalue weighted by Gasteiger charge is 2.50. The molecule has 2 aliphatic rings. The van der Waals surface area contributed by atoms with Gasteiger partial charge in [-0.05, 0) is 30.6 Å². The summed E-state index contributed by atoms with van der Waals surface area (Å²) in [6, 6.07) is 0. The lowest BCUT2D eigenvalue weighted by Gasteiger charge is -2.21. The van der Waals surface area contributed by atoms with E-state index in [-0.39, 0.29) is 0 Å². The van der Waals surface area contributed by atoms with Crippen molar-refractivity contribution in [3.63, 3.8) is 0 Å². The molecule has 1 saturated carbocycles. The Morgan fingerprint density at radius 1 is 1.18 bits per heavy atom. The van der Waals surface area contributed by atoms with Gasteiger partial charge in [0.1, 0.15) is 0 Å². The summed E-state index contributed by atoms with van der Waals surface area (Å²) in [5.74, 6) is 1.00. The normalized spacial score (nSPS) is 32.5. The minimum Gasteiger partial charge on any atom is -0.381 e. The molecule has 2 fully saturated rings. The van der Waals surface area contributed by atoms with Crippen LogP contribution in [0.4, 0.5) is 0 Å². The van der Waals surface area contributed by atoms with E-state index in [2.05, 4.69) is 6.92 Å². The van der Waals surface area contributed by atoms with E-state index in [1.165, 1.54) is 19.3 Å². The molecule has 1 aliphatic heterocycles. The van der Waals surface area contributed by atoms with Crippen molar-refractivity contribution in [3.05, 3.63) is 0 Å². The third kappa shape index (κ3) is 1.76. The Morgan fingerprint density at radius 2 is 1.64 bits per heavy atom. The third-order valence-corrected chi connectivity index (χ3v) is 3.09. The van der Waals surface area contributed by atoms with Crippen molar-refractivity contribution in [2.24, 2.45) is 11.3 Å². The summed E-state index contributed by atoms with van der Waals surface area (Å²) < 4.78 is 5.29. The lowest BCUT2D eigenvalue weighted by molar-refractivity contribution is 0.0530. The molecule has 1 heteroatoms. The van der Waals surface area contributed by atoms with Gasteiger partial charge in [0.05, 0.1) is 0 Å². The molecular formula is C10H20O. The Labute approximate surface area is 70.1 Å². The van der Waals surface area contributed by atoms with Gasteiger partial charge in [-0.3, -0.25) is 0 Å². The highest BCUT2D eigenvalue weighted by molar-refractivity contribution is 5.00. The molecule has 2 rings (SSSR count). The fourth-order valence-corrected chi connectivity index (χ4v) is 2.03. The molecule has 0 aromatic carbocycles. The highest BCUT2D eigenvalue weighted by Crippen LogP contribution is 2.58. The average molecular weight is 156 g/mol. The van der Waals surface area contributed by atoms with Crippen LogP contribution in [0.25, 0.3) is 0 Å². The summed E-state index contributed by atoms with van der Waals surface area (Å²) in [5.41, 5.74) is 0.762. The summed E-state index contributed by atoms with van der Waals surface area (Å²) in [4.78, 5) is 0. The van der Waals surface area contributed by atoms with Crippen LogP contribution in [0, 0.1) is 11.3 Å². The monoisotopic (exact) mass is 156 g/mol. The van der Waals surface area contributed by atoms with E-state index in [9.17, 15) is 0 Å². The standard InChI is InChI=1S/C8H14O.C2H6/c1-7-6-8(7)2-4-9-5-3-8;1-2/h7H,2-6H2,1H3;1-2H3. The van der Waals surface area contributed by atoms with Crippen molar-refractivity contribution in [2.75, 3.05) is 13.2 Å². The molecule has 1 nitrogen and oxygen atoms in total. The van der Waals surface area contributed by atoms with Crippen LogP contribution in [0.5, 0.6) is 0 Å². The zero-order valence-corrected chi connectivity index (χ0v) is 8.02. The first kappa shape index (κ1) is 9.05. The lowest BCUT2D eigenvalue weighted by Crippen LogP contribution is -2.17. The van der Waals surface area contributed by atoms with Gasteiger partial charge >= 0.3 is 0 Å². The highest BCUT2D eigenvalue weighted by atomic mass is 16.5.